The second-order valence-corrected chi connectivity index (χ2v) is 6.51. The normalized spacial score (nSPS) is 11.5. The molecule has 0 radical (unpaired) electrons. The Kier molecular flexibility index (Phi) is 5.31. The summed E-state index contributed by atoms with van der Waals surface area (Å²) in [5.74, 6) is 0.146. The SMILES string of the molecule is CCN(Cc1csc(C(C)=O)c1)Cc1cnn(C(C)C)c1. The molecule has 0 bridgehead atoms. The van der Waals surface area contributed by atoms with Gasteiger partial charge in [-0.05, 0) is 44.3 Å². The average Bonchev–Trinajstić information content (AvgIpc) is 3.07. The van der Waals surface area contributed by atoms with Crippen molar-refractivity contribution in [2.45, 2.75) is 46.8 Å². The van der Waals surface area contributed by atoms with Crippen LogP contribution in [0.1, 0.15) is 54.5 Å². The molecule has 114 valence electrons. The summed E-state index contributed by atoms with van der Waals surface area (Å²) in [4.78, 5) is 14.6. The van der Waals surface area contributed by atoms with Crippen molar-refractivity contribution in [3.63, 3.8) is 0 Å². The van der Waals surface area contributed by atoms with Gasteiger partial charge in [-0.2, -0.15) is 5.10 Å². The topological polar surface area (TPSA) is 38.1 Å². The first kappa shape index (κ1) is 15.9. The predicted octanol–water partition coefficient (Wildman–Crippen LogP) is 3.75. The van der Waals surface area contributed by atoms with Crippen LogP contribution in [-0.2, 0) is 13.1 Å². The maximum absolute atomic E-state index is 11.4. The van der Waals surface area contributed by atoms with Crippen molar-refractivity contribution in [1.29, 1.82) is 0 Å². The highest BCUT2D eigenvalue weighted by atomic mass is 32.1. The van der Waals surface area contributed by atoms with Crippen LogP contribution in [0.15, 0.2) is 23.8 Å². The van der Waals surface area contributed by atoms with Gasteiger partial charge >= 0.3 is 0 Å². The van der Waals surface area contributed by atoms with Crippen LogP contribution in [0.3, 0.4) is 0 Å². The van der Waals surface area contributed by atoms with E-state index in [1.807, 2.05) is 16.9 Å². The summed E-state index contributed by atoms with van der Waals surface area (Å²) >= 11 is 1.53. The first-order chi connectivity index (χ1) is 9.99. The summed E-state index contributed by atoms with van der Waals surface area (Å²) in [6.45, 7) is 10.8. The van der Waals surface area contributed by atoms with Crippen molar-refractivity contribution < 1.29 is 4.79 Å². The van der Waals surface area contributed by atoms with Gasteiger partial charge in [-0.15, -0.1) is 11.3 Å². The molecule has 0 atom stereocenters. The van der Waals surface area contributed by atoms with Gasteiger partial charge in [0.2, 0.25) is 0 Å². The van der Waals surface area contributed by atoms with Gasteiger partial charge < -0.3 is 0 Å². The van der Waals surface area contributed by atoms with Gasteiger partial charge in [0.1, 0.15) is 0 Å². The summed E-state index contributed by atoms with van der Waals surface area (Å²) in [6, 6.07) is 2.40. The number of Topliss-reactive ketones (excluding diaryl/α,β-unsaturated/α-hetero) is 1. The van der Waals surface area contributed by atoms with Gasteiger partial charge in [0.05, 0.1) is 11.1 Å². The molecule has 0 aromatic carbocycles. The molecule has 0 aliphatic heterocycles. The molecule has 0 spiro atoms. The summed E-state index contributed by atoms with van der Waals surface area (Å²) in [7, 11) is 0. The standard InChI is InChI=1S/C16H23N3OS/c1-5-18(8-14-6-16(13(4)20)21-11-14)9-15-7-17-19(10-15)12(2)3/h6-7,10-12H,5,8-9H2,1-4H3. The second-order valence-electron chi connectivity index (χ2n) is 5.60. The minimum absolute atomic E-state index is 0.146. The van der Waals surface area contributed by atoms with E-state index in [1.54, 1.807) is 6.92 Å². The van der Waals surface area contributed by atoms with Crippen LogP contribution in [0.25, 0.3) is 0 Å². The molecule has 0 unspecified atom stereocenters. The highest BCUT2D eigenvalue weighted by molar-refractivity contribution is 7.12. The Morgan fingerprint density at radius 3 is 2.62 bits per heavy atom. The van der Waals surface area contributed by atoms with E-state index in [0.717, 1.165) is 24.5 Å². The zero-order valence-corrected chi connectivity index (χ0v) is 14.0. The van der Waals surface area contributed by atoms with Crippen molar-refractivity contribution in [1.82, 2.24) is 14.7 Å². The maximum atomic E-state index is 11.4. The number of ketones is 1. The van der Waals surface area contributed by atoms with E-state index >= 15 is 0 Å². The smallest absolute Gasteiger partial charge is 0.169 e. The summed E-state index contributed by atoms with van der Waals surface area (Å²) < 4.78 is 1.99. The van der Waals surface area contributed by atoms with Crippen LogP contribution < -0.4 is 0 Å². The van der Waals surface area contributed by atoms with E-state index in [1.165, 1.54) is 22.5 Å². The van der Waals surface area contributed by atoms with Gasteiger partial charge in [0, 0.05) is 30.9 Å². The molecule has 2 aromatic rings. The number of rotatable bonds is 7. The fraction of sp³-hybridized carbons (Fsp3) is 0.500. The molecule has 2 aromatic heterocycles. The minimum atomic E-state index is 0.146. The van der Waals surface area contributed by atoms with Crippen LogP contribution in [0.4, 0.5) is 0 Å². The average molecular weight is 305 g/mol. The van der Waals surface area contributed by atoms with Crippen molar-refractivity contribution in [3.05, 3.63) is 39.8 Å². The summed E-state index contributed by atoms with van der Waals surface area (Å²) in [5.41, 5.74) is 2.44. The summed E-state index contributed by atoms with van der Waals surface area (Å²) in [6.07, 6.45) is 4.05. The molecular formula is C16H23N3OS. The van der Waals surface area contributed by atoms with Crippen LogP contribution >= 0.6 is 11.3 Å². The lowest BCUT2D eigenvalue weighted by Gasteiger charge is -2.18. The molecule has 2 rings (SSSR count). The molecule has 0 N–H and O–H groups in total. The van der Waals surface area contributed by atoms with Gasteiger partial charge in [0.15, 0.2) is 5.78 Å². The molecule has 0 aliphatic rings. The molecule has 0 amide bonds. The maximum Gasteiger partial charge on any atom is 0.169 e. The zero-order chi connectivity index (χ0) is 15.4. The molecule has 0 saturated heterocycles. The van der Waals surface area contributed by atoms with Crippen LogP contribution in [-0.4, -0.2) is 27.0 Å². The number of hydrogen-bond donors (Lipinski definition) is 0. The lowest BCUT2D eigenvalue weighted by Crippen LogP contribution is -2.21. The number of aromatic nitrogens is 2. The van der Waals surface area contributed by atoms with E-state index in [2.05, 4.69) is 42.3 Å². The van der Waals surface area contributed by atoms with Crippen LogP contribution in [0.2, 0.25) is 0 Å². The van der Waals surface area contributed by atoms with Gasteiger partial charge in [0.25, 0.3) is 0 Å². The highest BCUT2D eigenvalue weighted by Crippen LogP contribution is 2.18. The second kappa shape index (κ2) is 7.00. The van der Waals surface area contributed by atoms with E-state index in [0.29, 0.717) is 6.04 Å². The van der Waals surface area contributed by atoms with E-state index in [4.69, 9.17) is 0 Å². The quantitative estimate of drug-likeness (QED) is 0.731. The number of carbonyl (C=O) groups excluding carboxylic acids is 1. The molecule has 21 heavy (non-hydrogen) atoms. The molecular weight excluding hydrogens is 282 g/mol. The van der Waals surface area contributed by atoms with E-state index in [9.17, 15) is 4.79 Å². The number of nitrogens with zero attached hydrogens (tertiary/aromatic N) is 3. The largest absolute Gasteiger partial charge is 0.295 e. The zero-order valence-electron chi connectivity index (χ0n) is 13.2. The Labute approximate surface area is 130 Å². The van der Waals surface area contributed by atoms with Gasteiger partial charge in [-0.25, -0.2) is 0 Å². The van der Waals surface area contributed by atoms with E-state index in [-0.39, 0.29) is 5.78 Å². The van der Waals surface area contributed by atoms with Crippen LogP contribution in [0.5, 0.6) is 0 Å². The Morgan fingerprint density at radius 1 is 1.38 bits per heavy atom. The fourth-order valence-electron chi connectivity index (χ4n) is 2.18. The number of hydrogen-bond acceptors (Lipinski definition) is 4. The van der Waals surface area contributed by atoms with Crippen molar-refractivity contribution >= 4 is 17.1 Å². The fourth-order valence-corrected chi connectivity index (χ4v) is 2.99. The Bertz CT molecular complexity index is 600. The minimum Gasteiger partial charge on any atom is -0.295 e. The van der Waals surface area contributed by atoms with Gasteiger partial charge in [-0.1, -0.05) is 6.92 Å². The Hall–Kier alpha value is -1.46. The lowest BCUT2D eigenvalue weighted by molar-refractivity contribution is 0.102. The van der Waals surface area contributed by atoms with E-state index < -0.39 is 0 Å². The lowest BCUT2D eigenvalue weighted by atomic mass is 10.2. The first-order valence-electron chi connectivity index (χ1n) is 7.33. The third-order valence-corrected chi connectivity index (χ3v) is 4.52. The molecule has 4 nitrogen and oxygen atoms in total. The monoisotopic (exact) mass is 305 g/mol. The third-order valence-electron chi connectivity index (χ3n) is 3.44. The molecule has 0 aliphatic carbocycles. The molecule has 5 heteroatoms. The highest BCUT2D eigenvalue weighted by Gasteiger charge is 2.10. The first-order valence-corrected chi connectivity index (χ1v) is 8.21. The summed E-state index contributed by atoms with van der Waals surface area (Å²) in [5, 5.41) is 6.47. The van der Waals surface area contributed by atoms with Crippen molar-refractivity contribution in [2.24, 2.45) is 0 Å². The predicted molar refractivity (Wildman–Crippen MR) is 86.7 cm³/mol. The van der Waals surface area contributed by atoms with Gasteiger partial charge in [-0.3, -0.25) is 14.4 Å². The Morgan fingerprint density at radius 2 is 2.10 bits per heavy atom. The molecule has 2 heterocycles. The van der Waals surface area contributed by atoms with Crippen molar-refractivity contribution in [2.75, 3.05) is 6.54 Å². The van der Waals surface area contributed by atoms with Crippen LogP contribution in [0, 0.1) is 0 Å². The number of thiophene rings is 1. The number of carbonyl (C=O) groups is 1. The molecule has 0 saturated carbocycles. The van der Waals surface area contributed by atoms with Crippen molar-refractivity contribution in [3.8, 4) is 0 Å². The Balaban J connectivity index is 2.00. The molecule has 0 fully saturated rings. The third kappa shape index (κ3) is 4.25.